The van der Waals surface area contributed by atoms with E-state index in [0.29, 0.717) is 0 Å². The smallest absolute Gasteiger partial charge is 0.255 e. The number of carbonyl (C=O) groups excluding carboxylic acids is 1. The highest BCUT2D eigenvalue weighted by atomic mass is 16.2. The van der Waals surface area contributed by atoms with Gasteiger partial charge in [0, 0.05) is 17.0 Å². The van der Waals surface area contributed by atoms with Gasteiger partial charge in [-0.2, -0.15) is 0 Å². The molecule has 0 saturated heterocycles. The molecular weight excluding hydrogens is 234 g/mol. The molecule has 1 aliphatic rings. The Hall–Kier alpha value is -2.61. The van der Waals surface area contributed by atoms with Crippen LogP contribution in [0.25, 0.3) is 28.1 Å². The third-order valence-electron chi connectivity index (χ3n) is 3.58. The second-order valence-corrected chi connectivity index (χ2v) is 4.65. The Morgan fingerprint density at radius 3 is 2.37 bits per heavy atom. The number of benzene rings is 2. The molecule has 4 rings (SSSR count). The lowest BCUT2D eigenvalue weighted by Gasteiger charge is -2.01. The van der Waals surface area contributed by atoms with Gasteiger partial charge in [-0.3, -0.25) is 9.36 Å². The van der Waals surface area contributed by atoms with Gasteiger partial charge in [-0.25, -0.2) is 0 Å². The Balaban J connectivity index is 2.17. The van der Waals surface area contributed by atoms with Gasteiger partial charge < -0.3 is 0 Å². The zero-order valence-electron chi connectivity index (χ0n) is 10.2. The molecule has 0 N–H and O–H groups in total. The van der Waals surface area contributed by atoms with E-state index in [2.05, 4.69) is 18.2 Å². The SMILES string of the molecule is O=C1C=Cc2c(-c3ccccc3)c3ccccc3n21. The average molecular weight is 245 g/mol. The normalized spacial score (nSPS) is 13.2. The predicted octanol–water partition coefficient (Wildman–Crippen LogP) is 3.98. The maximum Gasteiger partial charge on any atom is 0.255 e. The van der Waals surface area contributed by atoms with Crippen molar-refractivity contribution in [3.8, 4) is 11.1 Å². The summed E-state index contributed by atoms with van der Waals surface area (Å²) in [6.45, 7) is 0. The monoisotopic (exact) mass is 245 g/mol. The molecule has 0 saturated carbocycles. The van der Waals surface area contributed by atoms with Gasteiger partial charge in [0.2, 0.25) is 0 Å². The Kier molecular flexibility index (Phi) is 2.00. The minimum atomic E-state index is 0.0355. The number of fused-ring (bicyclic) bond motifs is 3. The molecule has 90 valence electrons. The molecule has 0 aliphatic carbocycles. The minimum absolute atomic E-state index is 0.0355. The zero-order chi connectivity index (χ0) is 12.8. The predicted molar refractivity (Wildman–Crippen MR) is 77.0 cm³/mol. The minimum Gasteiger partial charge on any atom is -0.276 e. The summed E-state index contributed by atoms with van der Waals surface area (Å²) in [6, 6.07) is 18.3. The van der Waals surface area contributed by atoms with Crippen molar-refractivity contribution in [2.24, 2.45) is 0 Å². The molecule has 1 aliphatic heterocycles. The highest BCUT2D eigenvalue weighted by molar-refractivity contribution is 6.13. The molecule has 0 unspecified atom stereocenters. The molecule has 0 amide bonds. The van der Waals surface area contributed by atoms with Crippen molar-refractivity contribution >= 4 is 22.9 Å². The molecule has 2 aromatic carbocycles. The molecule has 0 bridgehead atoms. The molecule has 0 spiro atoms. The van der Waals surface area contributed by atoms with Gasteiger partial charge in [0.1, 0.15) is 0 Å². The van der Waals surface area contributed by atoms with Gasteiger partial charge in [0.25, 0.3) is 5.91 Å². The van der Waals surface area contributed by atoms with E-state index < -0.39 is 0 Å². The molecule has 19 heavy (non-hydrogen) atoms. The molecule has 0 atom stereocenters. The van der Waals surface area contributed by atoms with Crippen LogP contribution in [-0.4, -0.2) is 10.5 Å². The van der Waals surface area contributed by atoms with E-state index in [-0.39, 0.29) is 5.91 Å². The highest BCUT2D eigenvalue weighted by Gasteiger charge is 2.22. The highest BCUT2D eigenvalue weighted by Crippen LogP contribution is 2.37. The Morgan fingerprint density at radius 2 is 1.53 bits per heavy atom. The molecule has 2 heteroatoms. The van der Waals surface area contributed by atoms with Crippen LogP contribution >= 0.6 is 0 Å². The second kappa shape index (κ2) is 3.69. The van der Waals surface area contributed by atoms with Crippen LogP contribution in [0.5, 0.6) is 0 Å². The van der Waals surface area contributed by atoms with Gasteiger partial charge in [0.15, 0.2) is 0 Å². The first kappa shape index (κ1) is 10.3. The number of allylic oxidation sites excluding steroid dienone is 1. The van der Waals surface area contributed by atoms with E-state index in [9.17, 15) is 4.79 Å². The van der Waals surface area contributed by atoms with Gasteiger partial charge in [-0.15, -0.1) is 0 Å². The second-order valence-electron chi connectivity index (χ2n) is 4.65. The van der Waals surface area contributed by atoms with Gasteiger partial charge in [-0.1, -0.05) is 48.5 Å². The van der Waals surface area contributed by atoms with E-state index >= 15 is 0 Å². The lowest BCUT2D eigenvalue weighted by atomic mass is 10.0. The van der Waals surface area contributed by atoms with Crippen molar-refractivity contribution in [1.82, 2.24) is 4.57 Å². The lowest BCUT2D eigenvalue weighted by Crippen LogP contribution is -2.03. The molecular formula is C17H11NO. The molecule has 0 fully saturated rings. The number of rotatable bonds is 1. The lowest BCUT2D eigenvalue weighted by molar-refractivity contribution is 0.0979. The third kappa shape index (κ3) is 1.34. The van der Waals surface area contributed by atoms with Crippen molar-refractivity contribution in [2.45, 2.75) is 0 Å². The standard InChI is InChI=1S/C17H11NO/c19-16-11-10-15-17(12-6-2-1-3-7-12)13-8-4-5-9-14(13)18(15)16/h1-11H. The summed E-state index contributed by atoms with van der Waals surface area (Å²) in [5.74, 6) is 0.0355. The van der Waals surface area contributed by atoms with E-state index in [1.165, 1.54) is 0 Å². The van der Waals surface area contributed by atoms with Crippen LogP contribution in [0.1, 0.15) is 10.5 Å². The van der Waals surface area contributed by atoms with Crippen molar-refractivity contribution < 1.29 is 4.79 Å². The number of hydrogen-bond acceptors (Lipinski definition) is 1. The molecule has 2 nitrogen and oxygen atoms in total. The summed E-state index contributed by atoms with van der Waals surface area (Å²) in [5, 5.41) is 1.13. The number of carbonyl (C=O) groups is 1. The topological polar surface area (TPSA) is 22.0 Å². The summed E-state index contributed by atoms with van der Waals surface area (Å²) in [4.78, 5) is 12.0. The molecule has 1 aromatic heterocycles. The zero-order valence-corrected chi connectivity index (χ0v) is 10.2. The molecule has 3 aromatic rings. The number of hydrogen-bond donors (Lipinski definition) is 0. The Bertz CT molecular complexity index is 825. The summed E-state index contributed by atoms with van der Waals surface area (Å²) >= 11 is 0. The molecule has 0 radical (unpaired) electrons. The van der Waals surface area contributed by atoms with Crippen LogP contribution in [0, 0.1) is 0 Å². The van der Waals surface area contributed by atoms with Crippen LogP contribution in [-0.2, 0) is 0 Å². The fourth-order valence-electron chi connectivity index (χ4n) is 2.79. The third-order valence-corrected chi connectivity index (χ3v) is 3.58. The first-order valence-electron chi connectivity index (χ1n) is 6.27. The fourth-order valence-corrected chi connectivity index (χ4v) is 2.79. The van der Waals surface area contributed by atoms with E-state index in [0.717, 1.165) is 27.7 Å². The first-order valence-corrected chi connectivity index (χ1v) is 6.27. The summed E-state index contributed by atoms with van der Waals surface area (Å²) < 4.78 is 1.79. The van der Waals surface area contributed by atoms with Crippen LogP contribution in [0.15, 0.2) is 60.7 Å². The van der Waals surface area contributed by atoms with Gasteiger partial charge in [0.05, 0.1) is 11.2 Å². The van der Waals surface area contributed by atoms with E-state index in [1.54, 1.807) is 10.6 Å². The van der Waals surface area contributed by atoms with E-state index in [1.807, 2.05) is 42.5 Å². The van der Waals surface area contributed by atoms with Crippen molar-refractivity contribution in [2.75, 3.05) is 0 Å². The Labute approximate surface area is 110 Å². The average Bonchev–Trinajstić information content (AvgIpc) is 2.98. The quantitative estimate of drug-likeness (QED) is 0.635. The number of aromatic nitrogens is 1. The summed E-state index contributed by atoms with van der Waals surface area (Å²) in [7, 11) is 0. The van der Waals surface area contributed by atoms with Crippen LogP contribution < -0.4 is 0 Å². The van der Waals surface area contributed by atoms with E-state index in [4.69, 9.17) is 0 Å². The van der Waals surface area contributed by atoms with Crippen LogP contribution in [0.4, 0.5) is 0 Å². The molecule has 2 heterocycles. The summed E-state index contributed by atoms with van der Waals surface area (Å²) in [6.07, 6.45) is 3.54. The van der Waals surface area contributed by atoms with Gasteiger partial charge >= 0.3 is 0 Å². The van der Waals surface area contributed by atoms with Crippen molar-refractivity contribution in [3.05, 3.63) is 66.4 Å². The maximum absolute atomic E-state index is 12.0. The Morgan fingerprint density at radius 1 is 0.789 bits per heavy atom. The van der Waals surface area contributed by atoms with Crippen LogP contribution in [0.2, 0.25) is 0 Å². The van der Waals surface area contributed by atoms with Crippen molar-refractivity contribution in [1.29, 1.82) is 0 Å². The fraction of sp³-hybridized carbons (Fsp3) is 0. The number of para-hydroxylation sites is 1. The largest absolute Gasteiger partial charge is 0.276 e. The van der Waals surface area contributed by atoms with Crippen LogP contribution in [0.3, 0.4) is 0 Å². The summed E-state index contributed by atoms with van der Waals surface area (Å²) in [5.41, 5.74) is 4.24. The van der Waals surface area contributed by atoms with Gasteiger partial charge in [-0.05, 0) is 17.7 Å². The maximum atomic E-state index is 12.0. The number of nitrogens with zero attached hydrogens (tertiary/aromatic N) is 1. The first-order chi connectivity index (χ1) is 9.36. The van der Waals surface area contributed by atoms with Crippen molar-refractivity contribution in [3.63, 3.8) is 0 Å².